The van der Waals surface area contributed by atoms with Crippen LogP contribution >= 0.6 is 0 Å². The van der Waals surface area contributed by atoms with Crippen molar-refractivity contribution in [2.75, 3.05) is 14.2 Å². The van der Waals surface area contributed by atoms with Gasteiger partial charge in [0.1, 0.15) is 11.5 Å². The van der Waals surface area contributed by atoms with Gasteiger partial charge in [0.25, 0.3) is 0 Å². The Kier molecular flexibility index (Phi) is 4.90. The molecule has 4 rings (SSSR count). The number of rotatable bonds is 4. The monoisotopic (exact) mass is 377 g/mol. The first-order chi connectivity index (χ1) is 13.6. The van der Waals surface area contributed by atoms with E-state index >= 15 is 0 Å². The zero-order valence-corrected chi connectivity index (χ0v) is 16.0. The van der Waals surface area contributed by atoms with E-state index in [0.29, 0.717) is 29.9 Å². The molecule has 0 saturated heterocycles. The van der Waals surface area contributed by atoms with Crippen molar-refractivity contribution in [3.05, 3.63) is 70.9 Å². The van der Waals surface area contributed by atoms with E-state index in [4.69, 9.17) is 9.47 Å². The molecule has 0 spiro atoms. The van der Waals surface area contributed by atoms with Gasteiger partial charge >= 0.3 is 0 Å². The van der Waals surface area contributed by atoms with Crippen molar-refractivity contribution in [1.82, 2.24) is 5.32 Å². The molecule has 1 heterocycles. The third-order valence-electron chi connectivity index (χ3n) is 5.62. The lowest BCUT2D eigenvalue weighted by atomic mass is 9.73. The zero-order chi connectivity index (χ0) is 19.7. The second kappa shape index (κ2) is 7.50. The van der Waals surface area contributed by atoms with Crippen LogP contribution in [-0.4, -0.2) is 25.9 Å². The number of carbonyl (C=O) groups is 2. The average Bonchev–Trinajstić information content (AvgIpc) is 2.72. The Bertz CT molecular complexity index is 948. The van der Waals surface area contributed by atoms with Crippen molar-refractivity contribution >= 4 is 11.7 Å². The smallest absolute Gasteiger partial charge is 0.225 e. The number of hydrogen-bond acceptors (Lipinski definition) is 4. The van der Waals surface area contributed by atoms with Gasteiger partial charge < -0.3 is 14.8 Å². The van der Waals surface area contributed by atoms with E-state index in [0.717, 1.165) is 16.8 Å². The topological polar surface area (TPSA) is 64.6 Å². The Balaban J connectivity index is 1.77. The van der Waals surface area contributed by atoms with Gasteiger partial charge in [-0.3, -0.25) is 9.59 Å². The van der Waals surface area contributed by atoms with Crippen molar-refractivity contribution in [3.63, 3.8) is 0 Å². The highest BCUT2D eigenvalue weighted by atomic mass is 16.5. The van der Waals surface area contributed by atoms with E-state index in [-0.39, 0.29) is 29.9 Å². The lowest BCUT2D eigenvalue weighted by Crippen LogP contribution is -2.38. The first kappa shape index (κ1) is 18.3. The maximum atomic E-state index is 13.2. The van der Waals surface area contributed by atoms with E-state index < -0.39 is 0 Å². The van der Waals surface area contributed by atoms with Crippen LogP contribution in [0.5, 0.6) is 11.5 Å². The van der Waals surface area contributed by atoms with Gasteiger partial charge in [0.05, 0.1) is 14.2 Å². The zero-order valence-electron chi connectivity index (χ0n) is 16.0. The van der Waals surface area contributed by atoms with E-state index in [2.05, 4.69) is 5.32 Å². The summed E-state index contributed by atoms with van der Waals surface area (Å²) in [5.74, 6) is 1.11. The predicted octanol–water partition coefficient (Wildman–Crippen LogP) is 3.71. The molecule has 28 heavy (non-hydrogen) atoms. The molecule has 0 radical (unpaired) electrons. The third kappa shape index (κ3) is 3.28. The highest BCUT2D eigenvalue weighted by molar-refractivity contribution is 6.02. The van der Waals surface area contributed by atoms with Crippen LogP contribution in [0, 0.1) is 0 Å². The summed E-state index contributed by atoms with van der Waals surface area (Å²) < 4.78 is 10.9. The van der Waals surface area contributed by atoms with Gasteiger partial charge in [-0.25, -0.2) is 0 Å². The minimum Gasteiger partial charge on any atom is -0.497 e. The van der Waals surface area contributed by atoms with Gasteiger partial charge in [0.2, 0.25) is 5.91 Å². The minimum absolute atomic E-state index is 0.0739. The number of ketones is 1. The lowest BCUT2D eigenvalue weighted by molar-refractivity contribution is -0.122. The molecule has 1 N–H and O–H groups in total. The van der Waals surface area contributed by atoms with Crippen molar-refractivity contribution in [1.29, 1.82) is 0 Å². The Labute approximate surface area is 164 Å². The van der Waals surface area contributed by atoms with Gasteiger partial charge in [-0.05, 0) is 36.1 Å². The number of carbonyl (C=O) groups excluding carboxylic acids is 2. The summed E-state index contributed by atoms with van der Waals surface area (Å²) in [6.45, 7) is 0. The van der Waals surface area contributed by atoms with Crippen LogP contribution in [-0.2, 0) is 9.59 Å². The Hall–Kier alpha value is -3.08. The lowest BCUT2D eigenvalue weighted by Gasteiger charge is -2.35. The third-order valence-corrected chi connectivity index (χ3v) is 5.62. The highest BCUT2D eigenvalue weighted by Gasteiger charge is 2.39. The summed E-state index contributed by atoms with van der Waals surface area (Å²) in [6.07, 6.45) is 1.32. The highest BCUT2D eigenvalue weighted by Crippen LogP contribution is 2.45. The number of nitrogens with one attached hydrogen (secondary N) is 1. The number of benzene rings is 2. The fourth-order valence-electron chi connectivity index (χ4n) is 4.30. The molecular formula is C23H23NO4. The van der Waals surface area contributed by atoms with Gasteiger partial charge in [-0.15, -0.1) is 0 Å². The molecule has 2 atom stereocenters. The largest absolute Gasteiger partial charge is 0.497 e. The molecule has 0 saturated carbocycles. The summed E-state index contributed by atoms with van der Waals surface area (Å²) in [4.78, 5) is 25.7. The minimum atomic E-state index is -0.321. The van der Waals surface area contributed by atoms with Crippen molar-refractivity contribution in [2.45, 2.75) is 31.1 Å². The van der Waals surface area contributed by atoms with Crippen molar-refractivity contribution in [3.8, 4) is 11.5 Å². The van der Waals surface area contributed by atoms with Gasteiger partial charge in [0.15, 0.2) is 5.78 Å². The SMILES string of the molecule is COc1ccc(OC)c([C@@H]2CC(=O)NC3=C2C(=O)C[C@H](c2ccccc2)C3)c1. The van der Waals surface area contributed by atoms with Crippen LogP contribution in [0.2, 0.25) is 0 Å². The number of hydrogen-bond donors (Lipinski definition) is 1. The van der Waals surface area contributed by atoms with Gasteiger partial charge in [-0.2, -0.15) is 0 Å². The first-order valence-electron chi connectivity index (χ1n) is 9.43. The van der Waals surface area contributed by atoms with E-state index in [1.165, 1.54) is 0 Å². The quantitative estimate of drug-likeness (QED) is 0.882. The predicted molar refractivity (Wildman–Crippen MR) is 105 cm³/mol. The number of methoxy groups -OCH3 is 2. The Morgan fingerprint density at radius 1 is 0.929 bits per heavy atom. The summed E-state index contributed by atoms with van der Waals surface area (Å²) in [7, 11) is 3.19. The summed E-state index contributed by atoms with van der Waals surface area (Å²) in [5, 5.41) is 2.96. The molecule has 144 valence electrons. The molecule has 2 aromatic carbocycles. The van der Waals surface area contributed by atoms with Crippen LogP contribution < -0.4 is 14.8 Å². The standard InChI is InChI=1S/C23H23NO4/c1-27-16-8-9-21(28-2)17(12-16)18-13-22(26)24-19-10-15(11-20(25)23(18)19)14-6-4-3-5-7-14/h3-9,12,15,18H,10-11,13H2,1-2H3,(H,24,26)/t15-,18+/m1/s1. The van der Waals surface area contributed by atoms with Crippen LogP contribution in [0.15, 0.2) is 59.8 Å². The Morgan fingerprint density at radius 2 is 1.71 bits per heavy atom. The second-order valence-corrected chi connectivity index (χ2v) is 7.24. The molecule has 1 amide bonds. The second-order valence-electron chi connectivity index (χ2n) is 7.24. The fraction of sp³-hybridized carbons (Fsp3) is 0.304. The molecular weight excluding hydrogens is 354 g/mol. The maximum Gasteiger partial charge on any atom is 0.225 e. The van der Waals surface area contributed by atoms with Crippen molar-refractivity contribution < 1.29 is 19.1 Å². The van der Waals surface area contributed by atoms with E-state index in [1.807, 2.05) is 48.5 Å². The molecule has 0 unspecified atom stereocenters. The fourth-order valence-corrected chi connectivity index (χ4v) is 4.30. The van der Waals surface area contributed by atoms with Crippen molar-refractivity contribution in [2.24, 2.45) is 0 Å². The van der Waals surface area contributed by atoms with Gasteiger partial charge in [0, 0.05) is 35.6 Å². The summed E-state index contributed by atoms with van der Waals surface area (Å²) in [6, 6.07) is 15.5. The molecule has 2 aromatic rings. The molecule has 5 nitrogen and oxygen atoms in total. The maximum absolute atomic E-state index is 13.2. The normalized spacial score (nSPS) is 21.8. The molecule has 0 aromatic heterocycles. The summed E-state index contributed by atoms with van der Waals surface area (Å²) in [5.41, 5.74) is 3.39. The van der Waals surface area contributed by atoms with Crippen LogP contribution in [0.25, 0.3) is 0 Å². The molecule has 1 aliphatic heterocycles. The number of amides is 1. The van der Waals surface area contributed by atoms with Crippen LogP contribution in [0.1, 0.15) is 42.2 Å². The number of Topliss-reactive ketones (excluding diaryl/α,β-unsaturated/α-hetero) is 1. The first-order valence-corrected chi connectivity index (χ1v) is 9.43. The number of ether oxygens (including phenoxy) is 2. The summed E-state index contributed by atoms with van der Waals surface area (Å²) >= 11 is 0. The Morgan fingerprint density at radius 3 is 2.43 bits per heavy atom. The number of allylic oxidation sites excluding steroid dienone is 2. The van der Waals surface area contributed by atoms with Crippen LogP contribution in [0.3, 0.4) is 0 Å². The molecule has 0 fully saturated rings. The molecule has 5 heteroatoms. The van der Waals surface area contributed by atoms with E-state index in [1.54, 1.807) is 14.2 Å². The molecule has 2 aliphatic rings. The average molecular weight is 377 g/mol. The van der Waals surface area contributed by atoms with Crippen LogP contribution in [0.4, 0.5) is 0 Å². The van der Waals surface area contributed by atoms with E-state index in [9.17, 15) is 9.59 Å². The molecule has 1 aliphatic carbocycles. The van der Waals surface area contributed by atoms with Gasteiger partial charge in [-0.1, -0.05) is 30.3 Å². The molecule has 0 bridgehead atoms.